The fraction of sp³-hybridized carbons (Fsp3) is 0.182. The number of aryl methyl sites for hydroxylation is 2. The number of hydrogen-bond donors (Lipinski definition) is 1. The van der Waals surface area contributed by atoms with Crippen molar-refractivity contribution in [1.29, 1.82) is 0 Å². The highest BCUT2D eigenvalue weighted by Crippen LogP contribution is 2.18. The third kappa shape index (κ3) is 3.85. The van der Waals surface area contributed by atoms with Gasteiger partial charge in [-0.25, -0.2) is 10.2 Å². The van der Waals surface area contributed by atoms with Crippen LogP contribution in [0.5, 0.6) is 5.75 Å². The molecule has 0 unspecified atom stereocenters. The highest BCUT2D eigenvalue weighted by atomic mass is 16.5. The zero-order valence-corrected chi connectivity index (χ0v) is 17.4. The predicted octanol–water partition coefficient (Wildman–Crippen LogP) is 2.00. The number of nitrogens with zero attached hydrogens (tertiary/aromatic N) is 5. The molecule has 158 valence electrons. The quantitative estimate of drug-likeness (QED) is 0.382. The molecular formula is C22H22N6O3. The molecule has 4 rings (SSSR count). The third-order valence-electron chi connectivity index (χ3n) is 5.00. The van der Waals surface area contributed by atoms with E-state index >= 15 is 0 Å². The molecule has 31 heavy (non-hydrogen) atoms. The van der Waals surface area contributed by atoms with Crippen molar-refractivity contribution in [3.05, 3.63) is 86.6 Å². The van der Waals surface area contributed by atoms with E-state index in [1.54, 1.807) is 24.9 Å². The van der Waals surface area contributed by atoms with E-state index in [1.807, 2.05) is 54.6 Å². The molecule has 1 N–H and O–H groups in total. The van der Waals surface area contributed by atoms with Crippen LogP contribution >= 0.6 is 0 Å². The van der Waals surface area contributed by atoms with Crippen LogP contribution in [0.1, 0.15) is 11.1 Å². The number of nitrogens with one attached hydrogen (secondary N) is 1. The number of aromatic nitrogens is 4. The zero-order chi connectivity index (χ0) is 22.0. The van der Waals surface area contributed by atoms with Crippen LogP contribution < -0.4 is 21.4 Å². The maximum Gasteiger partial charge on any atom is 0.332 e. The maximum atomic E-state index is 12.5. The molecule has 9 heteroatoms. The molecule has 0 aliphatic heterocycles. The molecule has 9 nitrogen and oxygen atoms in total. The van der Waals surface area contributed by atoms with E-state index in [1.165, 1.54) is 11.6 Å². The fourth-order valence-corrected chi connectivity index (χ4v) is 3.23. The summed E-state index contributed by atoms with van der Waals surface area (Å²) in [6.45, 7) is 0.446. The number of fused-ring (bicyclic) bond motifs is 1. The summed E-state index contributed by atoms with van der Waals surface area (Å²) in [6, 6.07) is 17.5. The van der Waals surface area contributed by atoms with Gasteiger partial charge in [0, 0.05) is 26.7 Å². The molecule has 2 heterocycles. The number of imidazole rings is 1. The van der Waals surface area contributed by atoms with Crippen LogP contribution in [0.4, 0.5) is 5.95 Å². The van der Waals surface area contributed by atoms with E-state index in [0.29, 0.717) is 29.5 Å². The average molecular weight is 418 g/mol. The lowest BCUT2D eigenvalue weighted by molar-refractivity contribution is 0.306. The molecule has 0 atom stereocenters. The summed E-state index contributed by atoms with van der Waals surface area (Å²) < 4.78 is 9.89. The Morgan fingerprint density at radius 1 is 0.968 bits per heavy atom. The van der Waals surface area contributed by atoms with Gasteiger partial charge in [0.1, 0.15) is 12.4 Å². The van der Waals surface area contributed by atoms with Gasteiger partial charge < -0.3 is 9.30 Å². The fourth-order valence-electron chi connectivity index (χ4n) is 3.23. The van der Waals surface area contributed by atoms with Crippen molar-refractivity contribution in [3.63, 3.8) is 0 Å². The van der Waals surface area contributed by atoms with Gasteiger partial charge in [-0.1, -0.05) is 42.5 Å². The van der Waals surface area contributed by atoms with Gasteiger partial charge in [-0.3, -0.25) is 13.9 Å². The largest absolute Gasteiger partial charge is 0.488 e. The molecule has 0 saturated carbocycles. The highest BCUT2D eigenvalue weighted by Gasteiger charge is 2.16. The first-order valence-electron chi connectivity index (χ1n) is 9.64. The van der Waals surface area contributed by atoms with Crippen molar-refractivity contribution in [1.82, 2.24) is 18.7 Å². The molecule has 0 aliphatic rings. The second-order valence-corrected chi connectivity index (χ2v) is 7.05. The maximum absolute atomic E-state index is 12.5. The molecule has 0 saturated heterocycles. The highest BCUT2D eigenvalue weighted by molar-refractivity contribution is 5.84. The Kier molecular flexibility index (Phi) is 5.40. The molecule has 4 aromatic rings. The van der Waals surface area contributed by atoms with E-state index in [2.05, 4.69) is 15.5 Å². The van der Waals surface area contributed by atoms with Crippen LogP contribution in [0.15, 0.2) is 69.3 Å². The van der Waals surface area contributed by atoms with Gasteiger partial charge in [0.25, 0.3) is 5.56 Å². The van der Waals surface area contributed by atoms with Crippen LogP contribution in [0, 0.1) is 0 Å². The van der Waals surface area contributed by atoms with Crippen LogP contribution in [-0.4, -0.2) is 24.9 Å². The van der Waals surface area contributed by atoms with E-state index in [0.717, 1.165) is 15.7 Å². The molecule has 0 fully saturated rings. The lowest BCUT2D eigenvalue weighted by Crippen LogP contribution is -2.37. The third-order valence-corrected chi connectivity index (χ3v) is 5.00. The minimum absolute atomic E-state index is 0.292. The standard InChI is InChI=1S/C22H22N6O3/c1-26-18-19(27(2)22(30)28(3)20(18)29)24-21(26)25-23-13-16-11-7-8-12-17(16)31-14-15-9-5-4-6-10-15/h4-13H,14H2,1-3H3,(H,24,25). The van der Waals surface area contributed by atoms with Crippen molar-refractivity contribution in [3.8, 4) is 5.75 Å². The number of rotatable bonds is 6. The summed E-state index contributed by atoms with van der Waals surface area (Å²) in [6.07, 6.45) is 1.62. The Morgan fingerprint density at radius 3 is 2.45 bits per heavy atom. The van der Waals surface area contributed by atoms with E-state index in [4.69, 9.17) is 4.74 Å². The zero-order valence-electron chi connectivity index (χ0n) is 17.4. The first-order valence-corrected chi connectivity index (χ1v) is 9.64. The first-order chi connectivity index (χ1) is 15.0. The number of hydrazone groups is 1. The Bertz CT molecular complexity index is 1380. The molecule has 0 spiro atoms. The number of para-hydroxylation sites is 1. The number of ether oxygens (including phenoxy) is 1. The summed E-state index contributed by atoms with van der Waals surface area (Å²) in [5.41, 5.74) is 4.46. The van der Waals surface area contributed by atoms with Crippen molar-refractivity contribution >= 4 is 23.3 Å². The topological polar surface area (TPSA) is 95.4 Å². The Hall–Kier alpha value is -4.14. The van der Waals surface area contributed by atoms with Crippen molar-refractivity contribution in [2.75, 3.05) is 5.43 Å². The van der Waals surface area contributed by atoms with Gasteiger partial charge in [-0.05, 0) is 17.7 Å². The minimum atomic E-state index is -0.435. The predicted molar refractivity (Wildman–Crippen MR) is 120 cm³/mol. The number of benzene rings is 2. The van der Waals surface area contributed by atoms with E-state index in [9.17, 15) is 9.59 Å². The molecule has 2 aromatic heterocycles. The second kappa shape index (κ2) is 8.31. The van der Waals surface area contributed by atoms with Crippen LogP contribution in [0.2, 0.25) is 0 Å². The lowest BCUT2D eigenvalue weighted by Gasteiger charge is -2.09. The first kappa shape index (κ1) is 20.1. The molecule has 0 bridgehead atoms. The Labute approximate surface area is 177 Å². The summed E-state index contributed by atoms with van der Waals surface area (Å²) in [5.74, 6) is 1.03. The number of hydrogen-bond acceptors (Lipinski definition) is 6. The normalized spacial score (nSPS) is 11.3. The van der Waals surface area contributed by atoms with Gasteiger partial charge in [-0.15, -0.1) is 0 Å². The van der Waals surface area contributed by atoms with Crippen molar-refractivity contribution < 1.29 is 4.74 Å². The van der Waals surface area contributed by atoms with E-state index < -0.39 is 11.2 Å². The smallest absolute Gasteiger partial charge is 0.332 e. The van der Waals surface area contributed by atoms with Crippen LogP contribution in [-0.2, 0) is 27.7 Å². The van der Waals surface area contributed by atoms with Gasteiger partial charge in [-0.2, -0.15) is 10.1 Å². The SMILES string of the molecule is Cn1c(=O)c2c(nc(NN=Cc3ccccc3OCc3ccccc3)n2C)n(C)c1=O. The molecule has 2 aromatic carbocycles. The lowest BCUT2D eigenvalue weighted by atomic mass is 10.2. The van der Waals surface area contributed by atoms with Crippen molar-refractivity contribution in [2.24, 2.45) is 26.2 Å². The van der Waals surface area contributed by atoms with Gasteiger partial charge in [0.15, 0.2) is 11.2 Å². The van der Waals surface area contributed by atoms with Crippen LogP contribution in [0.3, 0.4) is 0 Å². The van der Waals surface area contributed by atoms with E-state index in [-0.39, 0.29) is 0 Å². The Morgan fingerprint density at radius 2 is 1.68 bits per heavy atom. The number of anilines is 1. The minimum Gasteiger partial charge on any atom is -0.488 e. The van der Waals surface area contributed by atoms with Crippen LogP contribution in [0.25, 0.3) is 11.2 Å². The summed E-state index contributed by atoms with van der Waals surface area (Å²) in [7, 11) is 4.70. The van der Waals surface area contributed by atoms with Gasteiger partial charge in [0.2, 0.25) is 5.95 Å². The molecule has 0 amide bonds. The monoisotopic (exact) mass is 418 g/mol. The summed E-state index contributed by atoms with van der Waals surface area (Å²) >= 11 is 0. The van der Waals surface area contributed by atoms with Gasteiger partial charge >= 0.3 is 5.69 Å². The van der Waals surface area contributed by atoms with Crippen molar-refractivity contribution in [2.45, 2.75) is 6.61 Å². The summed E-state index contributed by atoms with van der Waals surface area (Å²) in [4.78, 5) is 29.0. The molecular weight excluding hydrogens is 396 g/mol. The molecule has 0 aliphatic carbocycles. The summed E-state index contributed by atoms with van der Waals surface area (Å²) in [5, 5.41) is 4.25. The van der Waals surface area contributed by atoms with Gasteiger partial charge in [0.05, 0.1) is 6.21 Å². The average Bonchev–Trinajstić information content (AvgIpc) is 3.12. The molecule has 0 radical (unpaired) electrons. The second-order valence-electron chi connectivity index (χ2n) is 7.05. The Balaban J connectivity index is 1.57.